The van der Waals surface area contributed by atoms with E-state index in [0.29, 0.717) is 10.1 Å². The molecule has 10 atom stereocenters. The molecule has 0 aliphatic carbocycles. The molecule has 0 radical (unpaired) electrons. The van der Waals surface area contributed by atoms with Crippen LogP contribution in [0.1, 0.15) is 65.2 Å². The summed E-state index contributed by atoms with van der Waals surface area (Å²) < 4.78 is 0. The van der Waals surface area contributed by atoms with Crippen molar-refractivity contribution in [1.82, 2.24) is 42.0 Å². The van der Waals surface area contributed by atoms with Crippen molar-refractivity contribution in [2.24, 2.45) is 22.2 Å². The maximum absolute atomic E-state index is 13.7. The summed E-state index contributed by atoms with van der Waals surface area (Å²) in [5.74, 6) is -14.2. The fraction of sp³-hybridized carbons (Fsp3) is 0.686. The molecule has 20 N–H and O–H groups in total. The Hall–Kier alpha value is -6.31. The van der Waals surface area contributed by atoms with Crippen LogP contribution in [0.4, 0.5) is 0 Å². The minimum atomic E-state index is -2.81. The second-order valence-electron chi connectivity index (χ2n) is 14.8. The molecule has 30 heteroatoms. The predicted molar refractivity (Wildman–Crippen MR) is 216 cm³/mol. The number of aliphatic carboxylic acids is 2. The predicted octanol–water partition coefficient (Wildman–Crippen LogP) is -8.65. The topological polar surface area (TPSA) is 502 Å². The number of carboxylic acids is 2. The fourth-order valence-corrected chi connectivity index (χ4v) is 5.79. The van der Waals surface area contributed by atoms with E-state index in [1.54, 1.807) is 0 Å². The first-order chi connectivity index (χ1) is 30.3. The number of nitrogens with two attached hydrogens (primary N) is 3. The molecule has 8 amide bonds. The summed E-state index contributed by atoms with van der Waals surface area (Å²) in [6, 6.07) is -12.6. The van der Waals surface area contributed by atoms with E-state index in [1.165, 1.54) is 6.92 Å². The number of rotatable bonds is 28. The summed E-state index contributed by atoms with van der Waals surface area (Å²) in [6.07, 6.45) is -8.16. The third kappa shape index (κ3) is 19.5. The molecule has 1 fully saturated rings. The maximum Gasteiger partial charge on any atom is 0.335 e. The highest BCUT2D eigenvalue weighted by atomic mass is 16.5. The van der Waals surface area contributed by atoms with Gasteiger partial charge in [0.25, 0.3) is 5.91 Å². The van der Waals surface area contributed by atoms with E-state index in [-0.39, 0.29) is 64.1 Å². The Morgan fingerprint density at radius 2 is 1.29 bits per heavy atom. The average molecular weight is 937 g/mol. The highest BCUT2D eigenvalue weighted by Crippen LogP contribution is 2.12. The first-order valence-electron chi connectivity index (χ1n) is 20.0. The molecule has 0 saturated carbocycles. The Kier molecular flexibility index (Phi) is 24.2. The van der Waals surface area contributed by atoms with Crippen molar-refractivity contribution in [3.05, 3.63) is 0 Å². The highest BCUT2D eigenvalue weighted by Gasteiger charge is 2.40. The number of nitrogens with zero attached hydrogens (tertiary/aromatic N) is 3. The SMILES string of the molecule is CC(=O)N(O)CCCC(NC(=O)C(CO)NC(=O)C(NC(=O)C(CCCCN=C(N)N)NC(=O)C(NC(=O)CC(O)C(C)N)C(O)C(=O)O)C(O)C(=O)O)C(=O)NC1CCCN(O)C1=O. The van der Waals surface area contributed by atoms with Crippen LogP contribution in [0, 0.1) is 0 Å². The lowest BCUT2D eigenvalue weighted by Gasteiger charge is -2.30. The number of piperidine rings is 1. The van der Waals surface area contributed by atoms with Crippen molar-refractivity contribution in [2.75, 3.05) is 26.2 Å². The van der Waals surface area contributed by atoms with Gasteiger partial charge in [0, 0.05) is 32.6 Å². The van der Waals surface area contributed by atoms with E-state index in [4.69, 9.17) is 17.2 Å². The van der Waals surface area contributed by atoms with Crippen molar-refractivity contribution in [2.45, 2.75) is 126 Å². The van der Waals surface area contributed by atoms with Crippen molar-refractivity contribution in [1.29, 1.82) is 0 Å². The Morgan fingerprint density at radius 1 is 0.785 bits per heavy atom. The largest absolute Gasteiger partial charge is 0.479 e. The minimum absolute atomic E-state index is 0.0168. The molecule has 0 aromatic heterocycles. The van der Waals surface area contributed by atoms with Crippen molar-refractivity contribution >= 4 is 65.2 Å². The lowest BCUT2D eigenvalue weighted by Crippen LogP contribution is -2.64. The molecule has 368 valence electrons. The van der Waals surface area contributed by atoms with Crippen LogP contribution in [0.2, 0.25) is 0 Å². The number of carbonyl (C=O) groups is 10. The molecule has 0 bridgehead atoms. The number of aliphatic hydroxyl groups is 4. The first kappa shape index (κ1) is 56.7. The number of hydroxylamine groups is 4. The molecular weight excluding hydrogens is 876 g/mol. The standard InChI is InChI=1S/C35H60N12O18/c1-15(36)21(50)13-22(51)44-23(25(52)33(60)61)30(57)41-17(7-3-4-10-39-35(37)38)28(55)45-24(26(53)34(62)63)31(58)43-20(14-48)29(56)40-18(8-5-11-46(64)16(2)49)27(54)42-19-9-6-12-47(65)32(19)59/h15,17-21,23-26,48,50,52-53,64-65H,3-14,36H2,1-2H3,(H,40,56)(H,41,57)(H,42,54)(H,43,58)(H,44,51)(H,45,55)(H,60,61)(H,62,63)(H4,37,38,39). The van der Waals surface area contributed by atoms with Gasteiger partial charge in [0.1, 0.15) is 36.3 Å². The monoisotopic (exact) mass is 936 g/mol. The summed E-state index contributed by atoms with van der Waals surface area (Å²) >= 11 is 0. The van der Waals surface area contributed by atoms with Gasteiger partial charge in [-0.15, -0.1) is 0 Å². The molecule has 1 aliphatic heterocycles. The van der Waals surface area contributed by atoms with E-state index in [0.717, 1.165) is 6.92 Å². The molecule has 30 nitrogen and oxygen atoms in total. The van der Waals surface area contributed by atoms with Gasteiger partial charge in [-0.05, 0) is 51.9 Å². The molecule has 65 heavy (non-hydrogen) atoms. The second-order valence-corrected chi connectivity index (χ2v) is 14.8. The second kappa shape index (κ2) is 27.8. The van der Waals surface area contributed by atoms with Crippen LogP contribution in [-0.2, 0) is 47.9 Å². The first-order valence-corrected chi connectivity index (χ1v) is 20.0. The van der Waals surface area contributed by atoms with Gasteiger partial charge in [-0.25, -0.2) is 19.7 Å². The third-order valence-electron chi connectivity index (χ3n) is 9.55. The Morgan fingerprint density at radius 3 is 1.82 bits per heavy atom. The van der Waals surface area contributed by atoms with Gasteiger partial charge in [-0.1, -0.05) is 0 Å². The van der Waals surface area contributed by atoms with E-state index in [2.05, 4.69) is 20.9 Å². The van der Waals surface area contributed by atoms with Gasteiger partial charge in [0.2, 0.25) is 41.4 Å². The summed E-state index contributed by atoms with van der Waals surface area (Å²) in [4.78, 5) is 131. The zero-order chi connectivity index (χ0) is 49.7. The summed E-state index contributed by atoms with van der Waals surface area (Å²) in [5, 5.41) is 92.5. The quantitative estimate of drug-likeness (QED) is 0.0114. The number of aliphatic hydroxyl groups excluding tert-OH is 4. The van der Waals surface area contributed by atoms with Crippen LogP contribution in [0.25, 0.3) is 0 Å². The number of amides is 8. The number of aliphatic imine (C=N–C) groups is 1. The van der Waals surface area contributed by atoms with Crippen LogP contribution in [0.3, 0.4) is 0 Å². The van der Waals surface area contributed by atoms with Crippen LogP contribution in [0.5, 0.6) is 0 Å². The van der Waals surface area contributed by atoms with Crippen molar-refractivity contribution in [3.63, 3.8) is 0 Å². The van der Waals surface area contributed by atoms with Crippen molar-refractivity contribution < 1.29 is 89.0 Å². The maximum atomic E-state index is 13.7. The van der Waals surface area contributed by atoms with Gasteiger partial charge in [-0.3, -0.25) is 53.8 Å². The van der Waals surface area contributed by atoms with Gasteiger partial charge >= 0.3 is 11.9 Å². The number of guanidine groups is 1. The van der Waals surface area contributed by atoms with Crippen LogP contribution < -0.4 is 49.1 Å². The zero-order valence-electron chi connectivity index (χ0n) is 35.5. The lowest BCUT2D eigenvalue weighted by atomic mass is 10.0. The van der Waals surface area contributed by atoms with Crippen molar-refractivity contribution in [3.8, 4) is 0 Å². The fourth-order valence-electron chi connectivity index (χ4n) is 5.79. The molecule has 0 spiro atoms. The smallest absolute Gasteiger partial charge is 0.335 e. The van der Waals surface area contributed by atoms with E-state index in [1.807, 2.05) is 16.0 Å². The highest BCUT2D eigenvalue weighted by molar-refractivity contribution is 5.99. The Bertz CT molecular complexity index is 1730. The summed E-state index contributed by atoms with van der Waals surface area (Å²) in [5.41, 5.74) is 16.1. The summed E-state index contributed by atoms with van der Waals surface area (Å²) in [7, 11) is 0. The number of hydrogen-bond donors (Lipinski definition) is 17. The van der Waals surface area contributed by atoms with E-state index < -0.39 is 139 Å². The minimum Gasteiger partial charge on any atom is -0.479 e. The average Bonchev–Trinajstić information content (AvgIpc) is 3.23. The summed E-state index contributed by atoms with van der Waals surface area (Å²) in [6.45, 7) is 0.718. The van der Waals surface area contributed by atoms with Gasteiger partial charge < -0.3 is 79.7 Å². The van der Waals surface area contributed by atoms with Crippen LogP contribution >= 0.6 is 0 Å². The molecule has 1 heterocycles. The Labute approximate surface area is 370 Å². The van der Waals surface area contributed by atoms with E-state index in [9.17, 15) is 89.0 Å². The molecular formula is C35H60N12O18. The van der Waals surface area contributed by atoms with Crippen LogP contribution in [-0.4, -0.2) is 203 Å². The molecule has 1 rings (SSSR count). The molecule has 1 saturated heterocycles. The van der Waals surface area contributed by atoms with E-state index >= 15 is 0 Å². The zero-order valence-corrected chi connectivity index (χ0v) is 35.5. The molecule has 10 unspecified atom stereocenters. The molecule has 1 aliphatic rings. The number of carbonyl (C=O) groups excluding carboxylic acids is 8. The van der Waals surface area contributed by atoms with Gasteiger partial charge in [0.05, 0.1) is 19.1 Å². The molecule has 0 aromatic carbocycles. The Balaban J connectivity index is 3.44. The number of hydrogen-bond acceptors (Lipinski definition) is 18. The number of nitrogens with one attached hydrogen (secondary N) is 6. The molecule has 0 aromatic rings. The normalized spacial score (nSPS) is 17.8. The third-order valence-corrected chi connectivity index (χ3v) is 9.55. The van der Waals surface area contributed by atoms with Gasteiger partial charge in [-0.2, -0.15) is 0 Å². The van der Waals surface area contributed by atoms with Gasteiger partial charge in [0.15, 0.2) is 18.2 Å². The lowest BCUT2D eigenvalue weighted by molar-refractivity contribution is -0.173. The van der Waals surface area contributed by atoms with Crippen LogP contribution in [0.15, 0.2) is 4.99 Å². The number of carboxylic acid groups (broad SMARTS) is 2. The number of unbranched alkanes of at least 4 members (excludes halogenated alkanes) is 1.